The number of fused-ring (bicyclic) bond motifs is 1. The van der Waals surface area contributed by atoms with Gasteiger partial charge < -0.3 is 9.84 Å². The topological polar surface area (TPSA) is 80.0 Å². The molecule has 0 aliphatic carbocycles. The highest BCUT2D eigenvalue weighted by Gasteiger charge is 2.34. The quantitative estimate of drug-likeness (QED) is 0.641. The summed E-state index contributed by atoms with van der Waals surface area (Å²) >= 11 is 1.38. The Hall–Kier alpha value is -2.52. The number of halogens is 1. The third-order valence-electron chi connectivity index (χ3n) is 5.42. The Morgan fingerprint density at radius 3 is 2.62 bits per heavy atom. The highest BCUT2D eigenvalue weighted by atomic mass is 32.1. The number of carbonyl (C=O) groups excluding carboxylic acids is 1. The van der Waals surface area contributed by atoms with Crippen molar-refractivity contribution in [2.24, 2.45) is 5.92 Å². The molecule has 1 atom stereocenters. The molecule has 1 unspecified atom stereocenters. The highest BCUT2D eigenvalue weighted by Crippen LogP contribution is 2.41. The summed E-state index contributed by atoms with van der Waals surface area (Å²) in [7, 11) is 1.41. The van der Waals surface area contributed by atoms with Gasteiger partial charge in [0, 0.05) is 6.42 Å². The van der Waals surface area contributed by atoms with E-state index in [0.29, 0.717) is 48.0 Å². The van der Waals surface area contributed by atoms with Crippen LogP contribution in [0.5, 0.6) is 5.88 Å². The number of aromatic nitrogens is 3. The molecule has 1 fully saturated rings. The molecule has 3 heterocycles. The fraction of sp³-hybridized carbons (Fsp3) is 0.450. The zero-order valence-electron chi connectivity index (χ0n) is 16.3. The zero-order chi connectivity index (χ0) is 20.5. The van der Waals surface area contributed by atoms with Crippen molar-refractivity contribution >= 4 is 22.3 Å². The first-order valence-electron chi connectivity index (χ1n) is 9.66. The lowest BCUT2D eigenvalue weighted by atomic mass is 9.93. The van der Waals surface area contributed by atoms with Gasteiger partial charge >= 0.3 is 5.97 Å². The van der Waals surface area contributed by atoms with E-state index in [0.717, 1.165) is 5.56 Å². The zero-order valence-corrected chi connectivity index (χ0v) is 17.2. The van der Waals surface area contributed by atoms with E-state index in [1.54, 1.807) is 12.1 Å². The highest BCUT2D eigenvalue weighted by molar-refractivity contribution is 7.17. The minimum absolute atomic E-state index is 0.0571. The molecule has 0 spiro atoms. The molecule has 4 rings (SSSR count). The van der Waals surface area contributed by atoms with Gasteiger partial charge in [-0.25, -0.2) is 9.37 Å². The predicted molar refractivity (Wildman–Crippen MR) is 106 cm³/mol. The Balaban J connectivity index is 1.70. The fourth-order valence-corrected chi connectivity index (χ4v) is 4.99. The molecular formula is C20H23FN4O3S. The summed E-state index contributed by atoms with van der Waals surface area (Å²) in [6.45, 7) is 3.29. The van der Waals surface area contributed by atoms with Crippen LogP contribution in [0, 0.1) is 11.7 Å². The van der Waals surface area contributed by atoms with Crippen molar-refractivity contribution in [1.29, 1.82) is 0 Å². The van der Waals surface area contributed by atoms with Crippen molar-refractivity contribution in [3.63, 3.8) is 0 Å². The lowest BCUT2D eigenvalue weighted by molar-refractivity contribution is -0.147. The predicted octanol–water partition coefficient (Wildman–Crippen LogP) is 3.17. The van der Waals surface area contributed by atoms with Gasteiger partial charge in [-0.3, -0.25) is 9.69 Å². The van der Waals surface area contributed by atoms with E-state index in [9.17, 15) is 14.3 Å². The summed E-state index contributed by atoms with van der Waals surface area (Å²) in [5.41, 5.74) is 0.874. The van der Waals surface area contributed by atoms with E-state index >= 15 is 0 Å². The van der Waals surface area contributed by atoms with E-state index in [-0.39, 0.29) is 29.6 Å². The van der Waals surface area contributed by atoms with Crippen LogP contribution < -0.4 is 0 Å². The summed E-state index contributed by atoms with van der Waals surface area (Å²) in [6, 6.07) is 6.05. The van der Waals surface area contributed by atoms with Gasteiger partial charge in [-0.2, -0.15) is 4.52 Å². The van der Waals surface area contributed by atoms with E-state index in [4.69, 9.17) is 4.74 Å². The van der Waals surface area contributed by atoms with Crippen molar-refractivity contribution in [2.45, 2.75) is 32.2 Å². The molecule has 2 aromatic heterocycles. The number of esters is 1. The van der Waals surface area contributed by atoms with Gasteiger partial charge in [0.1, 0.15) is 5.82 Å². The van der Waals surface area contributed by atoms with Crippen molar-refractivity contribution in [1.82, 2.24) is 19.5 Å². The van der Waals surface area contributed by atoms with E-state index in [1.165, 1.54) is 35.1 Å². The summed E-state index contributed by atoms with van der Waals surface area (Å²) in [4.78, 5) is 19.9. The number of hydrogen-bond acceptors (Lipinski definition) is 7. The Labute approximate surface area is 171 Å². The van der Waals surface area contributed by atoms with Gasteiger partial charge in [-0.1, -0.05) is 30.4 Å². The molecule has 154 valence electrons. The number of benzene rings is 1. The van der Waals surface area contributed by atoms with Crippen molar-refractivity contribution in [3.8, 4) is 5.88 Å². The van der Waals surface area contributed by atoms with Crippen LogP contribution in [0.3, 0.4) is 0 Å². The number of nitrogens with zero attached hydrogens (tertiary/aromatic N) is 4. The maximum Gasteiger partial charge on any atom is 0.308 e. The second-order valence-corrected chi connectivity index (χ2v) is 8.16. The molecule has 1 N–H and O–H groups in total. The van der Waals surface area contributed by atoms with Crippen LogP contribution in [0.25, 0.3) is 4.96 Å². The third kappa shape index (κ3) is 3.72. The van der Waals surface area contributed by atoms with Crippen molar-refractivity contribution < 1.29 is 19.0 Å². The number of methoxy groups -OCH3 is 1. The number of rotatable bonds is 5. The summed E-state index contributed by atoms with van der Waals surface area (Å²) < 4.78 is 19.9. The Morgan fingerprint density at radius 2 is 2.03 bits per heavy atom. The van der Waals surface area contributed by atoms with Crippen LogP contribution in [-0.2, 0) is 16.0 Å². The smallest absolute Gasteiger partial charge is 0.308 e. The lowest BCUT2D eigenvalue weighted by Crippen LogP contribution is -2.39. The van der Waals surface area contributed by atoms with Crippen LogP contribution >= 0.6 is 11.3 Å². The Kier molecular flexibility index (Phi) is 5.51. The number of thiazole rings is 1. The molecule has 0 amide bonds. The lowest BCUT2D eigenvalue weighted by Gasteiger charge is -2.36. The van der Waals surface area contributed by atoms with Crippen LogP contribution in [0.1, 0.15) is 42.1 Å². The first kappa shape index (κ1) is 19.8. The molecule has 7 nitrogen and oxygen atoms in total. The Bertz CT molecular complexity index is 1010. The summed E-state index contributed by atoms with van der Waals surface area (Å²) in [5.74, 6) is 0.123. The van der Waals surface area contributed by atoms with E-state index in [2.05, 4.69) is 15.0 Å². The van der Waals surface area contributed by atoms with E-state index < -0.39 is 0 Å². The van der Waals surface area contributed by atoms with Gasteiger partial charge in [0.25, 0.3) is 0 Å². The number of hydrogen-bond donors (Lipinski definition) is 1. The van der Waals surface area contributed by atoms with Gasteiger partial charge in [0.15, 0.2) is 5.82 Å². The van der Waals surface area contributed by atoms with Crippen LogP contribution in [-0.4, -0.2) is 50.8 Å². The monoisotopic (exact) mass is 418 g/mol. The van der Waals surface area contributed by atoms with Crippen molar-refractivity contribution in [3.05, 3.63) is 46.3 Å². The molecule has 29 heavy (non-hydrogen) atoms. The minimum Gasteiger partial charge on any atom is -0.492 e. The van der Waals surface area contributed by atoms with Crippen LogP contribution in [0.4, 0.5) is 4.39 Å². The van der Waals surface area contributed by atoms with E-state index in [1.807, 2.05) is 6.92 Å². The van der Waals surface area contributed by atoms with Crippen LogP contribution in [0.2, 0.25) is 0 Å². The second kappa shape index (κ2) is 8.08. The molecule has 1 aromatic carbocycles. The normalized spacial score (nSPS) is 16.9. The maximum absolute atomic E-state index is 13.5. The molecular weight excluding hydrogens is 395 g/mol. The summed E-state index contributed by atoms with van der Waals surface area (Å²) in [5, 5.41) is 15.2. The molecule has 0 radical (unpaired) electrons. The molecule has 1 saturated heterocycles. The SMILES string of the molecule is CCc1nc2sc(C(c3ccc(F)cc3)N3CCC(C(=O)OC)CC3)c(O)n2n1. The minimum atomic E-state index is -0.309. The molecule has 1 aliphatic heterocycles. The van der Waals surface area contributed by atoms with Crippen molar-refractivity contribution in [2.75, 3.05) is 20.2 Å². The van der Waals surface area contributed by atoms with Gasteiger partial charge in [-0.15, -0.1) is 5.10 Å². The fourth-order valence-electron chi connectivity index (χ4n) is 3.85. The number of aryl methyl sites for hydroxylation is 1. The summed E-state index contributed by atoms with van der Waals surface area (Å²) in [6.07, 6.45) is 2.03. The molecule has 0 saturated carbocycles. The maximum atomic E-state index is 13.5. The second-order valence-electron chi connectivity index (χ2n) is 7.15. The van der Waals surface area contributed by atoms with Gasteiger partial charge in [0.05, 0.1) is 23.9 Å². The molecule has 1 aliphatic rings. The van der Waals surface area contributed by atoms with Crippen LogP contribution in [0.15, 0.2) is 24.3 Å². The molecule has 9 heteroatoms. The average molecular weight is 418 g/mol. The van der Waals surface area contributed by atoms with Gasteiger partial charge in [-0.05, 0) is 43.6 Å². The molecule has 3 aromatic rings. The first-order valence-corrected chi connectivity index (χ1v) is 10.5. The number of ether oxygens (including phenoxy) is 1. The largest absolute Gasteiger partial charge is 0.492 e. The number of piperidine rings is 1. The first-order chi connectivity index (χ1) is 14.0. The number of likely N-dealkylation sites (tertiary alicyclic amines) is 1. The average Bonchev–Trinajstić information content (AvgIpc) is 3.29. The van der Waals surface area contributed by atoms with Gasteiger partial charge in [0.2, 0.25) is 10.8 Å². The molecule has 0 bridgehead atoms. The standard InChI is InChI=1S/C20H23FN4O3S/c1-3-15-22-20-25(23-15)18(26)17(29-20)16(12-4-6-14(21)7-5-12)24-10-8-13(9-11-24)19(27)28-2/h4-7,13,16,26H,3,8-11H2,1-2H3. The third-order valence-corrected chi connectivity index (χ3v) is 6.50. The number of aromatic hydroxyl groups is 1. The number of carbonyl (C=O) groups is 1. The Morgan fingerprint density at radius 1 is 1.34 bits per heavy atom.